The van der Waals surface area contributed by atoms with Gasteiger partial charge in [0, 0.05) is 30.7 Å². The van der Waals surface area contributed by atoms with Crippen LogP contribution in [0, 0.1) is 6.92 Å². The second kappa shape index (κ2) is 14.0. The lowest BCUT2D eigenvalue weighted by Crippen LogP contribution is -2.21. The molecule has 1 aromatic heterocycles. The number of benzene rings is 4. The van der Waals surface area contributed by atoms with Gasteiger partial charge in [0.1, 0.15) is 18.1 Å². The lowest BCUT2D eigenvalue weighted by molar-refractivity contribution is 0.303. The van der Waals surface area contributed by atoms with Crippen molar-refractivity contribution < 1.29 is 9.47 Å². The van der Waals surface area contributed by atoms with Crippen molar-refractivity contribution in [3.8, 4) is 22.9 Å². The Labute approximate surface area is 286 Å². The van der Waals surface area contributed by atoms with Crippen LogP contribution in [0.4, 0.5) is 0 Å². The Bertz CT molecular complexity index is 1960. The van der Waals surface area contributed by atoms with Crippen LogP contribution in [0.2, 0.25) is 5.02 Å². The highest BCUT2D eigenvalue weighted by atomic mass is 79.9. The van der Waals surface area contributed by atoms with Crippen LogP contribution in [0.5, 0.6) is 11.5 Å². The van der Waals surface area contributed by atoms with Gasteiger partial charge in [-0.15, -0.1) is 0 Å². The van der Waals surface area contributed by atoms with E-state index in [4.69, 9.17) is 31.2 Å². The van der Waals surface area contributed by atoms with Gasteiger partial charge in [0.15, 0.2) is 5.82 Å². The molecule has 0 aliphatic carbocycles. The van der Waals surface area contributed by atoms with Crippen molar-refractivity contribution in [2.24, 2.45) is 5.10 Å². The molecular formula is C34H29Br3ClN3O3. The topological polar surface area (TPSA) is 65.7 Å². The second-order valence-electron chi connectivity index (χ2n) is 10.4. The van der Waals surface area contributed by atoms with E-state index in [1.807, 2.05) is 62.4 Å². The van der Waals surface area contributed by atoms with Crippen LogP contribution < -0.4 is 15.0 Å². The first-order valence-electron chi connectivity index (χ1n) is 14.0. The van der Waals surface area contributed by atoms with E-state index >= 15 is 0 Å². The number of hydrogen-bond acceptors (Lipinski definition) is 5. The van der Waals surface area contributed by atoms with Gasteiger partial charge >= 0.3 is 0 Å². The zero-order valence-corrected chi connectivity index (χ0v) is 30.0. The van der Waals surface area contributed by atoms with Gasteiger partial charge in [-0.3, -0.25) is 4.79 Å². The number of rotatable bonds is 9. The molecule has 0 saturated heterocycles. The third-order valence-electron chi connectivity index (χ3n) is 7.01. The minimum absolute atomic E-state index is 0.189. The number of halogens is 4. The number of fused-ring (bicyclic) bond motifs is 1. The highest BCUT2D eigenvalue weighted by molar-refractivity contribution is 9.11. The van der Waals surface area contributed by atoms with Gasteiger partial charge in [-0.1, -0.05) is 75.5 Å². The predicted molar refractivity (Wildman–Crippen MR) is 190 cm³/mol. The maximum Gasteiger partial charge on any atom is 0.282 e. The van der Waals surface area contributed by atoms with Gasteiger partial charge in [0.05, 0.1) is 28.2 Å². The fourth-order valence-corrected chi connectivity index (χ4v) is 6.92. The summed E-state index contributed by atoms with van der Waals surface area (Å²) in [6, 6.07) is 20.7. The number of nitrogens with zero attached hydrogens (tertiary/aromatic N) is 3. The Morgan fingerprint density at radius 1 is 1.00 bits per heavy atom. The maximum atomic E-state index is 13.9. The van der Waals surface area contributed by atoms with Crippen molar-refractivity contribution in [2.45, 2.75) is 40.2 Å². The molecule has 0 unspecified atom stereocenters. The lowest BCUT2D eigenvalue weighted by atomic mass is 9.96. The minimum Gasteiger partial charge on any atom is -0.494 e. The summed E-state index contributed by atoms with van der Waals surface area (Å²) in [6.07, 6.45) is 1.58. The maximum absolute atomic E-state index is 13.9. The smallest absolute Gasteiger partial charge is 0.282 e. The summed E-state index contributed by atoms with van der Waals surface area (Å²) in [5.41, 5.74) is 4.59. The summed E-state index contributed by atoms with van der Waals surface area (Å²) >= 11 is 17.1. The standard InChI is InChI=1S/C34H29Br3ClN3O3/c1-5-43-31-12-20(4)27(16-26(31)19(2)3)33-40-30-9-7-6-8-25(30)34(42)41(33)39-17-22-13-24(38)15-29(37)32(22)44-18-21-10-11-23(35)14-28(21)36/h6-17,19H,5,18H2,1-4H3. The summed E-state index contributed by atoms with van der Waals surface area (Å²) in [7, 11) is 0. The zero-order valence-electron chi connectivity index (χ0n) is 24.5. The molecule has 5 aromatic rings. The van der Waals surface area contributed by atoms with Crippen LogP contribution in [0.3, 0.4) is 0 Å². The van der Waals surface area contributed by atoms with Gasteiger partial charge in [-0.2, -0.15) is 9.78 Å². The monoisotopic (exact) mass is 799 g/mol. The minimum atomic E-state index is -0.288. The molecule has 0 aliphatic rings. The van der Waals surface area contributed by atoms with E-state index in [9.17, 15) is 4.79 Å². The van der Waals surface area contributed by atoms with Gasteiger partial charge in [0.2, 0.25) is 0 Å². The average Bonchev–Trinajstić information content (AvgIpc) is 2.97. The SMILES string of the molecule is CCOc1cc(C)c(-c2nc3ccccc3c(=O)n2N=Cc2cc(Cl)cc(Br)c2OCc2ccc(Br)cc2Br)cc1C(C)C. The Morgan fingerprint density at radius 2 is 1.77 bits per heavy atom. The van der Waals surface area contributed by atoms with E-state index in [0.29, 0.717) is 50.7 Å². The highest BCUT2D eigenvalue weighted by Gasteiger charge is 2.19. The summed E-state index contributed by atoms with van der Waals surface area (Å²) in [4.78, 5) is 18.9. The summed E-state index contributed by atoms with van der Waals surface area (Å²) < 4.78 is 16.1. The molecule has 0 amide bonds. The number of aromatic nitrogens is 2. The van der Waals surface area contributed by atoms with Crippen molar-refractivity contribution in [3.63, 3.8) is 0 Å². The Balaban J connectivity index is 1.65. The van der Waals surface area contributed by atoms with Gasteiger partial charge in [-0.05, 0) is 95.4 Å². The fraction of sp³-hybridized carbons (Fsp3) is 0.206. The van der Waals surface area contributed by atoms with Crippen LogP contribution in [-0.4, -0.2) is 22.5 Å². The number of para-hydroxylation sites is 1. The summed E-state index contributed by atoms with van der Waals surface area (Å²) in [5, 5.41) is 5.67. The highest BCUT2D eigenvalue weighted by Crippen LogP contribution is 2.36. The first kappa shape index (κ1) is 32.4. The van der Waals surface area contributed by atoms with Crippen molar-refractivity contribution in [1.82, 2.24) is 9.66 Å². The van der Waals surface area contributed by atoms with E-state index in [-0.39, 0.29) is 11.5 Å². The molecule has 0 fully saturated rings. The van der Waals surface area contributed by atoms with E-state index in [1.165, 1.54) is 4.68 Å². The van der Waals surface area contributed by atoms with Crippen molar-refractivity contribution in [3.05, 3.63) is 118 Å². The largest absolute Gasteiger partial charge is 0.494 e. The predicted octanol–water partition coefficient (Wildman–Crippen LogP) is 10.3. The molecule has 0 N–H and O–H groups in total. The van der Waals surface area contributed by atoms with Crippen LogP contribution in [0.25, 0.3) is 22.3 Å². The molecule has 0 spiro atoms. The first-order valence-corrected chi connectivity index (χ1v) is 16.7. The Morgan fingerprint density at radius 3 is 2.50 bits per heavy atom. The molecule has 4 aromatic carbocycles. The van der Waals surface area contributed by atoms with Gasteiger partial charge < -0.3 is 9.47 Å². The zero-order chi connectivity index (χ0) is 31.5. The van der Waals surface area contributed by atoms with E-state index < -0.39 is 0 Å². The van der Waals surface area contributed by atoms with Gasteiger partial charge in [-0.25, -0.2) is 4.98 Å². The quantitative estimate of drug-likeness (QED) is 0.139. The summed E-state index contributed by atoms with van der Waals surface area (Å²) in [5.74, 6) is 1.98. The molecule has 10 heteroatoms. The third-order valence-corrected chi connectivity index (χ3v) is 9.05. The molecule has 0 radical (unpaired) electrons. The average molecular weight is 803 g/mol. The van der Waals surface area contributed by atoms with Crippen LogP contribution in [0.1, 0.15) is 48.9 Å². The molecular weight excluding hydrogens is 774 g/mol. The molecule has 0 saturated carbocycles. The number of ether oxygens (including phenoxy) is 2. The van der Waals surface area contributed by atoms with Crippen LogP contribution >= 0.6 is 59.4 Å². The molecule has 1 heterocycles. The molecule has 44 heavy (non-hydrogen) atoms. The van der Waals surface area contributed by atoms with Crippen molar-refractivity contribution in [2.75, 3.05) is 6.61 Å². The van der Waals surface area contributed by atoms with E-state index in [2.05, 4.69) is 61.6 Å². The van der Waals surface area contributed by atoms with Crippen LogP contribution in [-0.2, 0) is 6.61 Å². The molecule has 0 atom stereocenters. The summed E-state index contributed by atoms with van der Waals surface area (Å²) in [6.45, 7) is 9.02. The van der Waals surface area contributed by atoms with Gasteiger partial charge in [0.25, 0.3) is 5.56 Å². The Kier molecular flexibility index (Phi) is 10.3. The third kappa shape index (κ3) is 6.96. The van der Waals surface area contributed by atoms with Crippen molar-refractivity contribution >= 4 is 76.5 Å². The molecule has 0 aliphatic heterocycles. The fourth-order valence-electron chi connectivity index (χ4n) is 4.81. The first-order chi connectivity index (χ1) is 21.1. The normalized spacial score (nSPS) is 11.6. The number of hydrogen-bond donors (Lipinski definition) is 0. The molecule has 6 nitrogen and oxygen atoms in total. The van der Waals surface area contributed by atoms with E-state index in [0.717, 1.165) is 36.9 Å². The second-order valence-corrected chi connectivity index (χ2v) is 13.5. The Hall–Kier alpha value is -2.98. The van der Waals surface area contributed by atoms with Crippen LogP contribution in [0.15, 0.2) is 90.0 Å². The lowest BCUT2D eigenvalue weighted by Gasteiger charge is -2.18. The van der Waals surface area contributed by atoms with E-state index in [1.54, 1.807) is 24.4 Å². The molecule has 0 bridgehead atoms. The molecule has 226 valence electrons. The molecule has 5 rings (SSSR count). The number of aryl methyl sites for hydroxylation is 1. The van der Waals surface area contributed by atoms with Crippen molar-refractivity contribution in [1.29, 1.82) is 0 Å².